The number of hydrogen-bond acceptors (Lipinski definition) is 5. The van der Waals surface area contributed by atoms with Crippen LogP contribution in [-0.2, 0) is 25.5 Å². The van der Waals surface area contributed by atoms with Crippen molar-refractivity contribution in [1.82, 2.24) is 0 Å². The quantitative estimate of drug-likeness (QED) is 0.443. The summed E-state index contributed by atoms with van der Waals surface area (Å²) in [5.41, 5.74) is -1.87. The molecule has 5 heteroatoms. The lowest BCUT2D eigenvalue weighted by atomic mass is 9.81. The Labute approximate surface area is 154 Å². The van der Waals surface area contributed by atoms with Crippen molar-refractivity contribution in [1.29, 1.82) is 0 Å². The van der Waals surface area contributed by atoms with Crippen LogP contribution in [0.5, 0.6) is 0 Å². The van der Waals surface area contributed by atoms with Crippen LogP contribution in [0.3, 0.4) is 0 Å². The number of ketones is 1. The molecule has 1 saturated carbocycles. The molecule has 0 unspecified atom stereocenters. The van der Waals surface area contributed by atoms with Gasteiger partial charge in [-0.15, -0.1) is 0 Å². The highest BCUT2D eigenvalue weighted by atomic mass is 16.6. The van der Waals surface area contributed by atoms with E-state index in [0.29, 0.717) is 12.0 Å². The van der Waals surface area contributed by atoms with Crippen LogP contribution < -0.4 is 0 Å². The number of Topliss-reactive ketones (excluding diaryl/α,β-unsaturated/α-hetero) is 1. The van der Waals surface area contributed by atoms with Gasteiger partial charge in [0, 0.05) is 11.5 Å². The number of fused-ring (bicyclic) bond motifs is 1. The van der Waals surface area contributed by atoms with E-state index < -0.39 is 34.3 Å². The van der Waals surface area contributed by atoms with Crippen molar-refractivity contribution < 1.29 is 23.9 Å². The van der Waals surface area contributed by atoms with Gasteiger partial charge in [0.15, 0.2) is 11.2 Å². The molecule has 1 aliphatic heterocycles. The van der Waals surface area contributed by atoms with Crippen LogP contribution in [0.4, 0.5) is 0 Å². The molecule has 5 nitrogen and oxygen atoms in total. The molecule has 0 N–H and O–H groups in total. The van der Waals surface area contributed by atoms with Crippen LogP contribution in [0.25, 0.3) is 0 Å². The molecule has 0 radical (unpaired) electrons. The molecule has 0 bridgehead atoms. The first-order chi connectivity index (χ1) is 12.2. The largest absolute Gasteiger partial charge is 0.465 e. The van der Waals surface area contributed by atoms with E-state index in [9.17, 15) is 14.4 Å². The van der Waals surface area contributed by atoms with Gasteiger partial charge >= 0.3 is 11.9 Å². The Kier molecular flexibility index (Phi) is 4.25. The number of esters is 2. The Bertz CT molecular complexity index is 763. The molecule has 0 aromatic heterocycles. The number of cyclic esters (lactones) is 1. The Balaban J connectivity index is 2.11. The summed E-state index contributed by atoms with van der Waals surface area (Å²) in [6.45, 7) is 9.27. The van der Waals surface area contributed by atoms with Crippen LogP contribution in [0.15, 0.2) is 24.3 Å². The topological polar surface area (TPSA) is 69.7 Å². The Morgan fingerprint density at radius 3 is 2.23 bits per heavy atom. The van der Waals surface area contributed by atoms with Crippen molar-refractivity contribution in [3.63, 3.8) is 0 Å². The van der Waals surface area contributed by atoms with E-state index >= 15 is 0 Å². The van der Waals surface area contributed by atoms with E-state index in [1.54, 1.807) is 32.9 Å². The molecule has 140 valence electrons. The van der Waals surface area contributed by atoms with Crippen molar-refractivity contribution in [2.75, 3.05) is 6.61 Å². The molecule has 3 rings (SSSR count). The van der Waals surface area contributed by atoms with Gasteiger partial charge in [-0.1, -0.05) is 38.1 Å². The van der Waals surface area contributed by atoms with Gasteiger partial charge < -0.3 is 9.47 Å². The summed E-state index contributed by atoms with van der Waals surface area (Å²) in [4.78, 5) is 39.2. The van der Waals surface area contributed by atoms with E-state index in [0.717, 1.165) is 12.0 Å². The molecule has 2 aliphatic rings. The third-order valence-electron chi connectivity index (χ3n) is 6.10. The van der Waals surface area contributed by atoms with Gasteiger partial charge in [-0.25, -0.2) is 0 Å². The number of aryl methyl sites for hydroxylation is 1. The van der Waals surface area contributed by atoms with Gasteiger partial charge in [0.2, 0.25) is 0 Å². The average Bonchev–Trinajstić information content (AvgIpc) is 3.21. The predicted octanol–water partition coefficient (Wildman–Crippen LogP) is 3.34. The molecular formula is C21H26O5. The maximum Gasteiger partial charge on any atom is 0.325 e. The number of rotatable bonds is 6. The normalized spacial score (nSPS) is 31.1. The highest BCUT2D eigenvalue weighted by Gasteiger charge is 2.95. The molecular weight excluding hydrogens is 332 g/mol. The number of carbonyl (C=O) groups excluding carboxylic acids is 3. The van der Waals surface area contributed by atoms with Gasteiger partial charge in [-0.05, 0) is 39.2 Å². The molecule has 1 saturated heterocycles. The second-order valence-electron chi connectivity index (χ2n) is 7.66. The fraction of sp³-hybridized carbons (Fsp3) is 0.571. The number of carbonyl (C=O) groups is 3. The molecule has 0 amide bonds. The Morgan fingerprint density at radius 1 is 1.12 bits per heavy atom. The smallest absolute Gasteiger partial charge is 0.325 e. The van der Waals surface area contributed by atoms with E-state index in [2.05, 4.69) is 0 Å². The summed E-state index contributed by atoms with van der Waals surface area (Å²) in [6.07, 6.45) is 1.26. The maximum absolute atomic E-state index is 13.5. The van der Waals surface area contributed by atoms with Crippen LogP contribution >= 0.6 is 0 Å². The van der Waals surface area contributed by atoms with Crippen LogP contribution in [-0.4, -0.2) is 29.9 Å². The van der Waals surface area contributed by atoms with Gasteiger partial charge in [-0.2, -0.15) is 0 Å². The van der Waals surface area contributed by atoms with Crippen molar-refractivity contribution >= 4 is 17.7 Å². The minimum absolute atomic E-state index is 0.153. The highest BCUT2D eigenvalue weighted by molar-refractivity contribution is 6.19. The predicted molar refractivity (Wildman–Crippen MR) is 95.6 cm³/mol. The van der Waals surface area contributed by atoms with Crippen molar-refractivity contribution in [3.05, 3.63) is 35.4 Å². The number of hydrogen-bond donors (Lipinski definition) is 0. The lowest BCUT2D eigenvalue weighted by Crippen LogP contribution is -2.40. The summed E-state index contributed by atoms with van der Waals surface area (Å²) in [5.74, 6) is -1.96. The Morgan fingerprint density at radius 2 is 1.73 bits per heavy atom. The molecule has 3 atom stereocenters. The zero-order valence-electron chi connectivity index (χ0n) is 16.0. The van der Waals surface area contributed by atoms with Crippen molar-refractivity contribution in [3.8, 4) is 0 Å². The lowest BCUT2D eigenvalue weighted by molar-refractivity contribution is -0.166. The van der Waals surface area contributed by atoms with Crippen LogP contribution in [0.1, 0.15) is 57.0 Å². The van der Waals surface area contributed by atoms with Crippen LogP contribution in [0.2, 0.25) is 0 Å². The minimum atomic E-state index is -1.53. The summed E-state index contributed by atoms with van der Waals surface area (Å²) in [7, 11) is 0. The molecule has 26 heavy (non-hydrogen) atoms. The second kappa shape index (κ2) is 5.93. The summed E-state index contributed by atoms with van der Waals surface area (Å²) >= 11 is 0. The zero-order valence-corrected chi connectivity index (χ0v) is 16.0. The zero-order chi connectivity index (χ0) is 19.3. The first-order valence-electron chi connectivity index (χ1n) is 9.28. The third kappa shape index (κ3) is 2.06. The van der Waals surface area contributed by atoms with E-state index in [1.165, 1.54) is 0 Å². The first-order valence-corrected chi connectivity index (χ1v) is 9.28. The van der Waals surface area contributed by atoms with E-state index in [1.807, 2.05) is 26.0 Å². The minimum Gasteiger partial charge on any atom is -0.465 e. The molecule has 1 aromatic rings. The Hall–Kier alpha value is -2.17. The van der Waals surface area contributed by atoms with Gasteiger partial charge in [0.05, 0.1) is 12.0 Å². The summed E-state index contributed by atoms with van der Waals surface area (Å²) in [5, 5.41) is 0. The van der Waals surface area contributed by atoms with Gasteiger partial charge in [-0.3, -0.25) is 14.4 Å². The van der Waals surface area contributed by atoms with E-state index in [4.69, 9.17) is 9.47 Å². The average molecular weight is 358 g/mol. The van der Waals surface area contributed by atoms with Crippen molar-refractivity contribution in [2.24, 2.45) is 16.7 Å². The molecule has 0 spiro atoms. The highest BCUT2D eigenvalue weighted by Crippen LogP contribution is 2.80. The van der Waals surface area contributed by atoms with Crippen molar-refractivity contribution in [2.45, 2.75) is 53.1 Å². The maximum atomic E-state index is 13.5. The SMILES string of the molecule is CCOC(=O)[C@]12C(=O)OC(C)(C)[C@H]1[C@@]2(CC)C(=O)c1ccc(CC)cc1. The van der Waals surface area contributed by atoms with E-state index in [-0.39, 0.29) is 12.4 Å². The first kappa shape index (κ1) is 18.6. The van der Waals surface area contributed by atoms with Gasteiger partial charge in [0.25, 0.3) is 0 Å². The summed E-state index contributed by atoms with van der Waals surface area (Å²) < 4.78 is 10.7. The number of benzene rings is 1. The monoisotopic (exact) mass is 358 g/mol. The standard InChI is InChI=1S/C21H26O5/c1-6-13-9-11-14(12-10-13)15(22)20(7-2)16-19(4,5)26-18(24)21(16,20)17(23)25-8-3/h9-12,16H,6-8H2,1-5H3/t16-,20+,21-/m0/s1. The van der Waals surface area contributed by atoms with Crippen LogP contribution in [0, 0.1) is 16.7 Å². The third-order valence-corrected chi connectivity index (χ3v) is 6.10. The fourth-order valence-corrected chi connectivity index (χ4v) is 5.06. The lowest BCUT2D eigenvalue weighted by Gasteiger charge is -2.28. The molecule has 1 aromatic carbocycles. The summed E-state index contributed by atoms with van der Waals surface area (Å²) in [6, 6.07) is 7.39. The number of ether oxygens (including phenoxy) is 2. The van der Waals surface area contributed by atoms with Gasteiger partial charge in [0.1, 0.15) is 5.60 Å². The second-order valence-corrected chi connectivity index (χ2v) is 7.66. The molecule has 1 aliphatic carbocycles. The fourth-order valence-electron chi connectivity index (χ4n) is 5.06. The molecule has 2 fully saturated rings. The molecule has 1 heterocycles.